The summed E-state index contributed by atoms with van der Waals surface area (Å²) in [6.45, 7) is 1.74. The Bertz CT molecular complexity index is 1060. The number of rotatable bonds is 8. The van der Waals surface area contributed by atoms with Crippen LogP contribution in [0.1, 0.15) is 22.8 Å². The number of nitrogens with zero attached hydrogens (tertiary/aromatic N) is 1. The molecule has 0 heterocycles. The van der Waals surface area contributed by atoms with E-state index >= 15 is 0 Å². The van der Waals surface area contributed by atoms with Gasteiger partial charge >= 0.3 is 5.97 Å². The quantitative estimate of drug-likeness (QED) is 0.452. The Kier molecular flexibility index (Phi) is 6.42. The van der Waals surface area contributed by atoms with Gasteiger partial charge in [0, 0.05) is 5.56 Å². The lowest BCUT2D eigenvalue weighted by Gasteiger charge is -2.11. The number of carbonyl (C=O) groups excluding carboxylic acids is 1. The van der Waals surface area contributed by atoms with Crippen molar-refractivity contribution in [3.63, 3.8) is 0 Å². The molecule has 0 spiro atoms. The van der Waals surface area contributed by atoms with Crippen molar-refractivity contribution in [2.75, 3.05) is 13.2 Å². The van der Waals surface area contributed by atoms with Crippen molar-refractivity contribution < 1.29 is 24.2 Å². The van der Waals surface area contributed by atoms with Crippen LogP contribution in [0.25, 0.3) is 10.8 Å². The van der Waals surface area contributed by atoms with Crippen molar-refractivity contribution in [2.45, 2.75) is 6.92 Å². The number of carboxylic acids is 1. The second-order valence-corrected chi connectivity index (χ2v) is 6.05. The SMILES string of the molecule is CCOc1cc(/C=N\NC(=O)c2cccc3ccccc23)ccc1OCC(=O)O. The first-order valence-corrected chi connectivity index (χ1v) is 9.01. The molecular weight excluding hydrogens is 372 g/mol. The summed E-state index contributed by atoms with van der Waals surface area (Å²) in [5.74, 6) is -0.664. The summed E-state index contributed by atoms with van der Waals surface area (Å²) in [6.07, 6.45) is 1.48. The molecule has 0 aliphatic heterocycles. The number of fused-ring (bicyclic) bond motifs is 1. The number of amides is 1. The van der Waals surface area contributed by atoms with Crippen LogP contribution in [0.5, 0.6) is 11.5 Å². The third kappa shape index (κ3) is 5.10. The first-order chi connectivity index (χ1) is 14.1. The Morgan fingerprint density at radius 2 is 1.83 bits per heavy atom. The maximum Gasteiger partial charge on any atom is 0.341 e. The molecule has 0 atom stereocenters. The number of hydrogen-bond acceptors (Lipinski definition) is 5. The fourth-order valence-electron chi connectivity index (χ4n) is 2.78. The summed E-state index contributed by atoms with van der Waals surface area (Å²) in [5.41, 5.74) is 3.72. The van der Waals surface area contributed by atoms with Crippen molar-refractivity contribution in [3.8, 4) is 11.5 Å². The maximum atomic E-state index is 12.5. The Morgan fingerprint density at radius 3 is 2.62 bits per heavy atom. The van der Waals surface area contributed by atoms with Crippen LogP contribution in [0, 0.1) is 0 Å². The summed E-state index contributed by atoms with van der Waals surface area (Å²) in [5, 5.41) is 14.6. The number of hydrazone groups is 1. The number of carbonyl (C=O) groups is 2. The molecule has 1 amide bonds. The van der Waals surface area contributed by atoms with E-state index in [2.05, 4.69) is 10.5 Å². The maximum absolute atomic E-state index is 12.5. The smallest absolute Gasteiger partial charge is 0.341 e. The Morgan fingerprint density at radius 1 is 1.03 bits per heavy atom. The zero-order valence-corrected chi connectivity index (χ0v) is 15.8. The summed E-state index contributed by atoms with van der Waals surface area (Å²) in [6, 6.07) is 18.1. The Hall–Kier alpha value is -3.87. The molecule has 0 aliphatic rings. The average molecular weight is 392 g/mol. The van der Waals surface area contributed by atoms with Gasteiger partial charge in [-0.25, -0.2) is 10.2 Å². The fraction of sp³-hybridized carbons (Fsp3) is 0.136. The highest BCUT2D eigenvalue weighted by molar-refractivity contribution is 6.07. The summed E-state index contributed by atoms with van der Waals surface area (Å²) >= 11 is 0. The lowest BCUT2D eigenvalue weighted by atomic mass is 10.0. The van der Waals surface area contributed by atoms with Crippen molar-refractivity contribution >= 4 is 28.9 Å². The van der Waals surface area contributed by atoms with E-state index in [1.165, 1.54) is 6.21 Å². The molecule has 3 rings (SSSR count). The van der Waals surface area contributed by atoms with E-state index in [4.69, 9.17) is 14.6 Å². The number of carboxylic acid groups (broad SMARTS) is 1. The first-order valence-electron chi connectivity index (χ1n) is 9.01. The topological polar surface area (TPSA) is 97.2 Å². The highest BCUT2D eigenvalue weighted by atomic mass is 16.5. The minimum atomic E-state index is -1.07. The van der Waals surface area contributed by atoms with E-state index in [0.29, 0.717) is 29.2 Å². The second-order valence-electron chi connectivity index (χ2n) is 6.05. The molecule has 0 aliphatic carbocycles. The minimum absolute atomic E-state index is 0.315. The predicted molar refractivity (Wildman–Crippen MR) is 110 cm³/mol. The Labute approximate surface area is 167 Å². The van der Waals surface area contributed by atoms with E-state index in [9.17, 15) is 9.59 Å². The van der Waals surface area contributed by atoms with E-state index in [1.54, 1.807) is 24.3 Å². The largest absolute Gasteiger partial charge is 0.490 e. The van der Waals surface area contributed by atoms with Gasteiger partial charge in [0.15, 0.2) is 18.1 Å². The molecule has 0 radical (unpaired) electrons. The molecule has 0 fully saturated rings. The van der Waals surface area contributed by atoms with Crippen LogP contribution in [0.2, 0.25) is 0 Å². The summed E-state index contributed by atoms with van der Waals surface area (Å²) in [7, 11) is 0. The zero-order valence-electron chi connectivity index (χ0n) is 15.8. The molecule has 0 unspecified atom stereocenters. The van der Waals surface area contributed by atoms with Crippen molar-refractivity contribution in [1.29, 1.82) is 0 Å². The molecule has 2 N–H and O–H groups in total. The highest BCUT2D eigenvalue weighted by Crippen LogP contribution is 2.28. The normalized spacial score (nSPS) is 10.8. The van der Waals surface area contributed by atoms with Crippen molar-refractivity contribution in [3.05, 3.63) is 71.8 Å². The summed E-state index contributed by atoms with van der Waals surface area (Å²) in [4.78, 5) is 23.2. The van der Waals surface area contributed by atoms with E-state index in [-0.39, 0.29) is 5.91 Å². The number of hydrogen-bond donors (Lipinski definition) is 2. The molecule has 0 saturated heterocycles. The molecule has 7 nitrogen and oxygen atoms in total. The van der Waals surface area contributed by atoms with E-state index < -0.39 is 12.6 Å². The van der Waals surface area contributed by atoms with Gasteiger partial charge in [0.25, 0.3) is 5.91 Å². The van der Waals surface area contributed by atoms with Crippen molar-refractivity contribution in [2.24, 2.45) is 5.10 Å². The van der Waals surface area contributed by atoms with E-state index in [1.807, 2.05) is 43.3 Å². The van der Waals surface area contributed by atoms with Crippen LogP contribution < -0.4 is 14.9 Å². The molecule has 0 aromatic heterocycles. The van der Waals surface area contributed by atoms with Gasteiger partial charge in [0.1, 0.15) is 0 Å². The van der Waals surface area contributed by atoms with Crippen LogP contribution in [0.4, 0.5) is 0 Å². The monoisotopic (exact) mass is 392 g/mol. The molecule has 0 saturated carbocycles. The molecule has 7 heteroatoms. The van der Waals surface area contributed by atoms with Crippen LogP contribution in [-0.4, -0.2) is 36.4 Å². The van der Waals surface area contributed by atoms with Crippen LogP contribution in [0.15, 0.2) is 65.8 Å². The average Bonchev–Trinajstić information content (AvgIpc) is 2.72. The van der Waals surface area contributed by atoms with Gasteiger partial charge in [-0.05, 0) is 47.5 Å². The minimum Gasteiger partial charge on any atom is -0.490 e. The zero-order chi connectivity index (χ0) is 20.6. The van der Waals surface area contributed by atoms with Gasteiger partial charge in [0.2, 0.25) is 0 Å². The van der Waals surface area contributed by atoms with E-state index in [0.717, 1.165) is 10.8 Å². The predicted octanol–water partition coefficient (Wildman–Crippen LogP) is 3.47. The van der Waals surface area contributed by atoms with Gasteiger partial charge in [0.05, 0.1) is 12.8 Å². The highest BCUT2D eigenvalue weighted by Gasteiger charge is 2.10. The first kappa shape index (κ1) is 19.9. The number of benzene rings is 3. The molecule has 148 valence electrons. The number of ether oxygens (including phenoxy) is 2. The van der Waals surface area contributed by atoms with Crippen molar-refractivity contribution in [1.82, 2.24) is 5.43 Å². The fourth-order valence-corrected chi connectivity index (χ4v) is 2.78. The standard InChI is InChI=1S/C22H20N2O5/c1-2-28-20-12-15(10-11-19(20)29-14-21(25)26)13-23-24-22(27)18-9-5-7-16-6-3-4-8-17(16)18/h3-13H,2,14H2,1H3,(H,24,27)(H,25,26)/b23-13-. The van der Waals surface area contributed by atoms with Gasteiger partial charge in [-0.1, -0.05) is 36.4 Å². The molecule has 29 heavy (non-hydrogen) atoms. The molecule has 3 aromatic carbocycles. The molecular formula is C22H20N2O5. The lowest BCUT2D eigenvalue weighted by Crippen LogP contribution is -2.17. The third-order valence-corrected chi connectivity index (χ3v) is 4.03. The third-order valence-electron chi connectivity index (χ3n) is 4.03. The lowest BCUT2D eigenvalue weighted by molar-refractivity contribution is -0.139. The molecule has 3 aromatic rings. The van der Waals surface area contributed by atoms with Crippen LogP contribution >= 0.6 is 0 Å². The number of aliphatic carboxylic acids is 1. The van der Waals surface area contributed by atoms with Crippen LogP contribution in [-0.2, 0) is 4.79 Å². The van der Waals surface area contributed by atoms with Crippen LogP contribution in [0.3, 0.4) is 0 Å². The van der Waals surface area contributed by atoms with Gasteiger partial charge in [-0.3, -0.25) is 4.79 Å². The number of nitrogens with one attached hydrogen (secondary N) is 1. The van der Waals surface area contributed by atoms with Gasteiger partial charge in [-0.2, -0.15) is 5.10 Å². The van der Waals surface area contributed by atoms with Gasteiger partial charge in [-0.15, -0.1) is 0 Å². The van der Waals surface area contributed by atoms with Gasteiger partial charge < -0.3 is 14.6 Å². The second kappa shape index (κ2) is 9.36. The molecule has 0 bridgehead atoms. The Balaban J connectivity index is 1.73. The summed E-state index contributed by atoms with van der Waals surface area (Å²) < 4.78 is 10.7.